The fraction of sp³-hybridized carbons (Fsp3) is 0.519. The van der Waals surface area contributed by atoms with E-state index in [1.165, 1.54) is 11.6 Å². The Morgan fingerprint density at radius 1 is 1.10 bits per heavy atom. The largest absolute Gasteiger partial charge is 0.296 e. The average Bonchev–Trinajstić information content (AvgIpc) is 2.73. The third kappa shape index (κ3) is 4.93. The first-order chi connectivity index (χ1) is 14.6. The summed E-state index contributed by atoms with van der Waals surface area (Å²) < 4.78 is 14.8. The Labute approximate surface area is 181 Å². The van der Waals surface area contributed by atoms with Gasteiger partial charge in [0.25, 0.3) is 0 Å². The number of hydrogen-bond donors (Lipinski definition) is 0. The maximum absolute atomic E-state index is 14.8. The van der Waals surface area contributed by atoms with Gasteiger partial charge in [0.05, 0.1) is 11.5 Å². The molecule has 0 aliphatic heterocycles. The minimum absolute atomic E-state index is 0.228. The SMILES string of the molecule is CCCN(Cc1ccccc1)C(CC)CCC(C#N)(c1ccccc1F)C1CCC1. The van der Waals surface area contributed by atoms with E-state index in [4.69, 9.17) is 0 Å². The summed E-state index contributed by atoms with van der Waals surface area (Å²) in [5, 5.41) is 10.3. The molecule has 2 atom stereocenters. The van der Waals surface area contributed by atoms with Crippen molar-refractivity contribution in [3.8, 4) is 6.07 Å². The van der Waals surface area contributed by atoms with Gasteiger partial charge in [0.1, 0.15) is 5.82 Å². The van der Waals surface area contributed by atoms with Crippen molar-refractivity contribution in [2.45, 2.75) is 76.8 Å². The number of rotatable bonds is 11. The van der Waals surface area contributed by atoms with Crippen LogP contribution in [-0.4, -0.2) is 17.5 Å². The van der Waals surface area contributed by atoms with Crippen molar-refractivity contribution in [1.82, 2.24) is 4.90 Å². The Morgan fingerprint density at radius 2 is 1.80 bits per heavy atom. The minimum Gasteiger partial charge on any atom is -0.296 e. The summed E-state index contributed by atoms with van der Waals surface area (Å²) in [6, 6.07) is 20.6. The summed E-state index contributed by atoms with van der Waals surface area (Å²) >= 11 is 0. The fourth-order valence-corrected chi connectivity index (χ4v) is 5.03. The summed E-state index contributed by atoms with van der Waals surface area (Å²) in [5.74, 6) is 0.0411. The summed E-state index contributed by atoms with van der Waals surface area (Å²) in [4.78, 5) is 2.56. The maximum Gasteiger partial charge on any atom is 0.128 e. The highest BCUT2D eigenvalue weighted by Gasteiger charge is 2.45. The molecule has 0 aromatic heterocycles. The third-order valence-electron chi connectivity index (χ3n) is 6.95. The molecule has 0 amide bonds. The van der Waals surface area contributed by atoms with Crippen LogP contribution in [-0.2, 0) is 12.0 Å². The van der Waals surface area contributed by atoms with Crippen LogP contribution in [0.4, 0.5) is 4.39 Å². The predicted octanol–water partition coefficient (Wildman–Crippen LogP) is 6.86. The van der Waals surface area contributed by atoms with E-state index in [1.54, 1.807) is 6.07 Å². The molecule has 30 heavy (non-hydrogen) atoms. The van der Waals surface area contributed by atoms with E-state index in [-0.39, 0.29) is 11.7 Å². The topological polar surface area (TPSA) is 27.0 Å². The van der Waals surface area contributed by atoms with Crippen LogP contribution in [0.1, 0.15) is 69.9 Å². The summed E-state index contributed by atoms with van der Waals surface area (Å²) in [7, 11) is 0. The monoisotopic (exact) mass is 406 g/mol. The van der Waals surface area contributed by atoms with E-state index < -0.39 is 5.41 Å². The molecule has 1 aliphatic carbocycles. The van der Waals surface area contributed by atoms with Gasteiger partial charge in [-0.25, -0.2) is 4.39 Å². The van der Waals surface area contributed by atoms with Gasteiger partial charge in [-0.2, -0.15) is 5.26 Å². The Hall–Kier alpha value is -2.18. The number of nitrogens with zero attached hydrogens (tertiary/aromatic N) is 2. The summed E-state index contributed by atoms with van der Waals surface area (Å²) in [6.45, 7) is 6.42. The van der Waals surface area contributed by atoms with Gasteiger partial charge in [-0.05, 0) is 62.6 Å². The molecule has 1 aliphatic rings. The van der Waals surface area contributed by atoms with Gasteiger partial charge in [-0.15, -0.1) is 0 Å². The molecule has 2 unspecified atom stereocenters. The number of hydrogen-bond acceptors (Lipinski definition) is 2. The standard InChI is InChI=1S/C27H35FN2/c1-3-19-30(20-22-11-6-5-7-12-22)24(4-2)17-18-27(21-29,23-13-10-14-23)25-15-8-9-16-26(25)28/h5-9,11-12,15-16,23-24H,3-4,10,13-14,17-20H2,1-2H3. The van der Waals surface area contributed by atoms with E-state index >= 15 is 0 Å². The number of halogens is 1. The molecule has 0 heterocycles. The Bertz CT molecular complexity index is 824. The normalized spacial score (nSPS) is 17.2. The van der Waals surface area contributed by atoms with Gasteiger partial charge < -0.3 is 0 Å². The van der Waals surface area contributed by atoms with E-state index in [9.17, 15) is 9.65 Å². The maximum atomic E-state index is 14.8. The quantitative estimate of drug-likeness (QED) is 0.408. The van der Waals surface area contributed by atoms with Crippen LogP contribution < -0.4 is 0 Å². The molecule has 0 radical (unpaired) electrons. The van der Waals surface area contributed by atoms with Crippen LogP contribution in [0.25, 0.3) is 0 Å². The third-order valence-corrected chi connectivity index (χ3v) is 6.95. The van der Waals surface area contributed by atoms with Crippen LogP contribution in [0.15, 0.2) is 54.6 Å². The number of benzene rings is 2. The van der Waals surface area contributed by atoms with Gasteiger partial charge in [-0.3, -0.25) is 4.90 Å². The smallest absolute Gasteiger partial charge is 0.128 e. The molecule has 1 saturated carbocycles. The predicted molar refractivity (Wildman–Crippen MR) is 121 cm³/mol. The molecule has 2 aromatic carbocycles. The second-order valence-electron chi connectivity index (χ2n) is 8.75. The zero-order valence-corrected chi connectivity index (χ0v) is 18.5. The van der Waals surface area contributed by atoms with Crippen LogP contribution >= 0.6 is 0 Å². The minimum atomic E-state index is -0.707. The van der Waals surface area contributed by atoms with Crippen molar-refractivity contribution in [2.75, 3.05) is 6.54 Å². The molecular weight excluding hydrogens is 371 g/mol. The average molecular weight is 407 g/mol. The van der Waals surface area contributed by atoms with Crippen molar-refractivity contribution in [2.24, 2.45) is 5.92 Å². The van der Waals surface area contributed by atoms with Crippen molar-refractivity contribution in [1.29, 1.82) is 5.26 Å². The molecule has 2 nitrogen and oxygen atoms in total. The molecule has 1 fully saturated rings. The molecule has 2 aromatic rings. The van der Waals surface area contributed by atoms with E-state index in [0.29, 0.717) is 11.6 Å². The summed E-state index contributed by atoms with van der Waals surface area (Å²) in [6.07, 6.45) is 6.99. The van der Waals surface area contributed by atoms with Gasteiger partial charge in [0.2, 0.25) is 0 Å². The first kappa shape index (κ1) is 22.5. The van der Waals surface area contributed by atoms with Crippen LogP contribution in [0, 0.1) is 23.1 Å². The lowest BCUT2D eigenvalue weighted by Gasteiger charge is -2.42. The molecule has 160 valence electrons. The lowest BCUT2D eigenvalue weighted by Crippen LogP contribution is -2.42. The second kappa shape index (κ2) is 10.7. The van der Waals surface area contributed by atoms with Gasteiger partial charge in [0.15, 0.2) is 0 Å². The molecule has 0 N–H and O–H groups in total. The molecule has 3 rings (SSSR count). The highest BCUT2D eigenvalue weighted by molar-refractivity contribution is 5.35. The number of nitriles is 1. The first-order valence-electron chi connectivity index (χ1n) is 11.6. The van der Waals surface area contributed by atoms with Crippen molar-refractivity contribution in [3.05, 3.63) is 71.5 Å². The lowest BCUT2D eigenvalue weighted by atomic mass is 9.60. The molecule has 3 heteroatoms. The summed E-state index contributed by atoms with van der Waals surface area (Å²) in [5.41, 5.74) is 1.22. The Balaban J connectivity index is 1.81. The van der Waals surface area contributed by atoms with Crippen molar-refractivity contribution >= 4 is 0 Å². The van der Waals surface area contributed by atoms with Gasteiger partial charge in [-0.1, -0.05) is 68.8 Å². The van der Waals surface area contributed by atoms with E-state index in [1.807, 2.05) is 12.1 Å². The van der Waals surface area contributed by atoms with E-state index in [0.717, 1.165) is 58.0 Å². The highest BCUT2D eigenvalue weighted by atomic mass is 19.1. The van der Waals surface area contributed by atoms with Gasteiger partial charge in [0, 0.05) is 18.2 Å². The van der Waals surface area contributed by atoms with Crippen molar-refractivity contribution in [3.63, 3.8) is 0 Å². The van der Waals surface area contributed by atoms with Gasteiger partial charge >= 0.3 is 0 Å². The van der Waals surface area contributed by atoms with Crippen molar-refractivity contribution < 1.29 is 4.39 Å². The molecular formula is C27H35FN2. The highest BCUT2D eigenvalue weighted by Crippen LogP contribution is 2.48. The van der Waals surface area contributed by atoms with Crippen LogP contribution in [0.5, 0.6) is 0 Å². The van der Waals surface area contributed by atoms with Crippen LogP contribution in [0.2, 0.25) is 0 Å². The fourth-order valence-electron chi connectivity index (χ4n) is 5.03. The first-order valence-corrected chi connectivity index (χ1v) is 11.6. The van der Waals surface area contributed by atoms with Crippen LogP contribution in [0.3, 0.4) is 0 Å². The van der Waals surface area contributed by atoms with E-state index in [2.05, 4.69) is 55.1 Å². The zero-order chi connectivity index (χ0) is 21.4. The zero-order valence-electron chi connectivity index (χ0n) is 18.5. The molecule has 0 saturated heterocycles. The Morgan fingerprint density at radius 3 is 2.37 bits per heavy atom. The Kier molecular flexibility index (Phi) is 8.05. The molecule has 0 bridgehead atoms. The second-order valence-corrected chi connectivity index (χ2v) is 8.75. The lowest BCUT2D eigenvalue weighted by molar-refractivity contribution is 0.140. The molecule has 0 spiro atoms.